The molecule has 0 unspecified atom stereocenters. The second-order valence-corrected chi connectivity index (χ2v) is 8.76. The van der Waals surface area contributed by atoms with Gasteiger partial charge in [0.1, 0.15) is 11.5 Å². The van der Waals surface area contributed by atoms with Crippen molar-refractivity contribution in [3.05, 3.63) is 77.5 Å². The fourth-order valence-electron chi connectivity index (χ4n) is 5.06. The molecule has 0 aliphatic carbocycles. The number of methoxy groups -OCH3 is 1. The average molecular weight is 462 g/mol. The smallest absolute Gasteiger partial charge is 0.325 e. The summed E-state index contributed by atoms with van der Waals surface area (Å²) in [6, 6.07) is 13.2. The minimum absolute atomic E-state index is 0.0491. The highest BCUT2D eigenvalue weighted by Gasteiger charge is 2.37. The number of carbonyl (C=O) groups excluding carboxylic acids is 1. The normalized spacial score (nSPS) is 16.6. The number of fused-ring (bicyclic) bond motifs is 1. The maximum Gasteiger partial charge on any atom is 0.325 e. The average Bonchev–Trinajstić information content (AvgIpc) is 2.86. The molecule has 1 aromatic heterocycles. The van der Waals surface area contributed by atoms with Gasteiger partial charge >= 0.3 is 6.03 Å². The van der Waals surface area contributed by atoms with Crippen LogP contribution in [0.4, 0.5) is 20.6 Å². The van der Waals surface area contributed by atoms with Gasteiger partial charge in [0.15, 0.2) is 0 Å². The first-order chi connectivity index (χ1) is 16.6. The van der Waals surface area contributed by atoms with Gasteiger partial charge in [-0.3, -0.25) is 9.88 Å². The predicted octanol–water partition coefficient (Wildman–Crippen LogP) is 4.54. The van der Waals surface area contributed by atoms with Crippen LogP contribution >= 0.6 is 0 Å². The zero-order chi connectivity index (χ0) is 23.7. The molecule has 1 saturated heterocycles. The summed E-state index contributed by atoms with van der Waals surface area (Å²) in [4.78, 5) is 28.2. The number of ether oxygens (including phenoxy) is 1. The first kappa shape index (κ1) is 22.1. The van der Waals surface area contributed by atoms with Crippen LogP contribution in [0.3, 0.4) is 0 Å². The summed E-state index contributed by atoms with van der Waals surface area (Å²) in [5, 5.41) is 0. The molecule has 7 nitrogen and oxygen atoms in total. The van der Waals surface area contributed by atoms with Gasteiger partial charge in [-0.2, -0.15) is 0 Å². The third-order valence-corrected chi connectivity index (χ3v) is 6.75. The molecule has 34 heavy (non-hydrogen) atoms. The number of piperidine rings is 1. The second-order valence-electron chi connectivity index (χ2n) is 8.76. The molecular formula is C26H28FN5O2. The summed E-state index contributed by atoms with van der Waals surface area (Å²) in [5.41, 5.74) is 4.20. The quantitative estimate of drug-likeness (QED) is 0.558. The molecule has 1 fully saturated rings. The van der Waals surface area contributed by atoms with Crippen molar-refractivity contribution in [2.75, 3.05) is 30.0 Å². The number of amides is 2. The third kappa shape index (κ3) is 4.04. The molecular weight excluding hydrogens is 433 g/mol. The highest BCUT2D eigenvalue weighted by molar-refractivity contribution is 5.95. The van der Waals surface area contributed by atoms with Gasteiger partial charge in [0.25, 0.3) is 0 Å². The molecule has 176 valence electrons. The molecule has 2 aromatic carbocycles. The first-order valence-electron chi connectivity index (χ1n) is 11.6. The van der Waals surface area contributed by atoms with Gasteiger partial charge in [-0.15, -0.1) is 0 Å². The Morgan fingerprint density at radius 1 is 1.06 bits per heavy atom. The van der Waals surface area contributed by atoms with Crippen molar-refractivity contribution >= 4 is 17.4 Å². The number of urea groups is 1. The number of aryl methyl sites for hydroxylation is 1. The Labute approximate surface area is 198 Å². The number of halogens is 1. The minimum Gasteiger partial charge on any atom is -0.480 e. The summed E-state index contributed by atoms with van der Waals surface area (Å²) in [6.07, 6.45) is 4.75. The predicted molar refractivity (Wildman–Crippen MR) is 129 cm³/mol. The van der Waals surface area contributed by atoms with E-state index in [-0.39, 0.29) is 24.4 Å². The van der Waals surface area contributed by atoms with Crippen LogP contribution in [0.5, 0.6) is 5.88 Å². The van der Waals surface area contributed by atoms with Crippen LogP contribution in [0, 0.1) is 12.7 Å². The van der Waals surface area contributed by atoms with Crippen molar-refractivity contribution in [3.63, 3.8) is 0 Å². The topological polar surface area (TPSA) is 61.8 Å². The van der Waals surface area contributed by atoms with Crippen molar-refractivity contribution in [3.8, 4) is 5.88 Å². The van der Waals surface area contributed by atoms with Crippen molar-refractivity contribution in [2.24, 2.45) is 0 Å². The summed E-state index contributed by atoms with van der Waals surface area (Å²) in [5.74, 6) is 0.226. The van der Waals surface area contributed by atoms with Crippen LogP contribution in [0.15, 0.2) is 54.9 Å². The summed E-state index contributed by atoms with van der Waals surface area (Å²) in [6.45, 7) is 4.18. The highest BCUT2D eigenvalue weighted by atomic mass is 19.1. The number of benzene rings is 2. The molecule has 2 aliphatic rings. The third-order valence-electron chi connectivity index (χ3n) is 6.75. The van der Waals surface area contributed by atoms with E-state index in [1.54, 1.807) is 30.5 Å². The maximum absolute atomic E-state index is 14.5. The maximum atomic E-state index is 14.5. The van der Waals surface area contributed by atoms with Crippen molar-refractivity contribution < 1.29 is 13.9 Å². The molecule has 3 aromatic rings. The van der Waals surface area contributed by atoms with E-state index in [9.17, 15) is 9.18 Å². The summed E-state index contributed by atoms with van der Waals surface area (Å²) >= 11 is 0. The number of nitrogens with zero attached hydrogens (tertiary/aromatic N) is 5. The van der Waals surface area contributed by atoms with E-state index in [1.807, 2.05) is 36.1 Å². The van der Waals surface area contributed by atoms with E-state index >= 15 is 0 Å². The Morgan fingerprint density at radius 3 is 2.59 bits per heavy atom. The lowest BCUT2D eigenvalue weighted by Crippen LogP contribution is -2.54. The van der Waals surface area contributed by atoms with E-state index in [2.05, 4.69) is 20.9 Å². The molecule has 0 bridgehead atoms. The fourth-order valence-corrected chi connectivity index (χ4v) is 5.06. The molecule has 5 rings (SSSR count). The van der Waals surface area contributed by atoms with E-state index < -0.39 is 0 Å². The molecule has 2 aliphatic heterocycles. The molecule has 0 saturated carbocycles. The van der Waals surface area contributed by atoms with Gasteiger partial charge in [0.2, 0.25) is 5.88 Å². The van der Waals surface area contributed by atoms with E-state index in [0.717, 1.165) is 29.7 Å². The zero-order valence-corrected chi connectivity index (χ0v) is 19.4. The highest BCUT2D eigenvalue weighted by Crippen LogP contribution is 2.35. The zero-order valence-electron chi connectivity index (χ0n) is 19.4. The Balaban J connectivity index is 1.38. The molecule has 8 heteroatoms. The van der Waals surface area contributed by atoms with E-state index in [0.29, 0.717) is 36.9 Å². The van der Waals surface area contributed by atoms with Gasteiger partial charge in [-0.25, -0.2) is 14.2 Å². The fraction of sp³-hybridized carbons (Fsp3) is 0.346. The number of carbonyl (C=O) groups is 1. The molecule has 2 amide bonds. The summed E-state index contributed by atoms with van der Waals surface area (Å²) in [7, 11) is 1.55. The van der Waals surface area contributed by atoms with Crippen LogP contribution in [0.25, 0.3) is 0 Å². The van der Waals surface area contributed by atoms with Crippen LogP contribution in [-0.2, 0) is 13.1 Å². The van der Waals surface area contributed by atoms with Crippen molar-refractivity contribution in [1.29, 1.82) is 0 Å². The van der Waals surface area contributed by atoms with Gasteiger partial charge in [0, 0.05) is 38.1 Å². The van der Waals surface area contributed by atoms with Crippen LogP contribution in [-0.4, -0.2) is 47.1 Å². The Hall–Kier alpha value is -3.68. The van der Waals surface area contributed by atoms with Gasteiger partial charge in [-0.1, -0.05) is 30.3 Å². The van der Waals surface area contributed by atoms with Crippen molar-refractivity contribution in [2.45, 2.75) is 38.9 Å². The molecule has 0 atom stereocenters. The Bertz CT molecular complexity index is 1180. The first-order valence-corrected chi connectivity index (χ1v) is 11.6. The number of rotatable bonds is 5. The monoisotopic (exact) mass is 461 g/mol. The summed E-state index contributed by atoms with van der Waals surface area (Å²) < 4.78 is 19.9. The number of aromatic nitrogens is 2. The van der Waals surface area contributed by atoms with E-state index in [1.165, 1.54) is 6.07 Å². The van der Waals surface area contributed by atoms with Gasteiger partial charge in [-0.05, 0) is 43.0 Å². The lowest BCUT2D eigenvalue weighted by Gasteiger charge is -2.44. The second kappa shape index (κ2) is 9.29. The number of hydrogen-bond acceptors (Lipinski definition) is 5. The van der Waals surface area contributed by atoms with Crippen LogP contribution in [0.2, 0.25) is 0 Å². The van der Waals surface area contributed by atoms with Crippen LogP contribution in [0.1, 0.15) is 29.7 Å². The molecule has 3 heterocycles. The van der Waals surface area contributed by atoms with Crippen molar-refractivity contribution in [1.82, 2.24) is 14.9 Å². The van der Waals surface area contributed by atoms with Gasteiger partial charge < -0.3 is 14.5 Å². The minimum atomic E-state index is -0.189. The molecule has 0 radical (unpaired) electrons. The Morgan fingerprint density at radius 2 is 1.82 bits per heavy atom. The molecule has 0 N–H and O–H groups in total. The largest absolute Gasteiger partial charge is 0.480 e. The van der Waals surface area contributed by atoms with E-state index in [4.69, 9.17) is 4.74 Å². The lowest BCUT2D eigenvalue weighted by atomic mass is 9.99. The van der Waals surface area contributed by atoms with Crippen LogP contribution < -0.4 is 14.5 Å². The Kier molecular flexibility index (Phi) is 6.04. The standard InChI is InChI=1S/C26H28FN5O2/c1-18-6-5-8-21(27)24(18)30-14-10-20(11-15-30)31-16-19-7-3-4-9-23(19)32(26(31)33)17-22-25(34-2)29-13-12-28-22/h3-9,12-13,20H,10-11,14-17H2,1-2H3. The number of para-hydroxylation sites is 2. The van der Waals surface area contributed by atoms with Gasteiger partial charge in [0.05, 0.1) is 25.0 Å². The number of anilines is 2. The number of hydrogen-bond donors (Lipinski definition) is 0. The SMILES string of the molecule is COc1nccnc1CN1C(=O)N(C2CCN(c3c(C)cccc3F)CC2)Cc2ccccc21. The lowest BCUT2D eigenvalue weighted by molar-refractivity contribution is 0.159. The molecule has 0 spiro atoms.